The number of aliphatic hydroxyl groups excluding tert-OH is 1. The largest absolute Gasteiger partial charge is 0.516 e. The zero-order valence-electron chi connectivity index (χ0n) is 7.22. The van der Waals surface area contributed by atoms with Gasteiger partial charge in [0.25, 0.3) is 0 Å². The van der Waals surface area contributed by atoms with Crippen molar-refractivity contribution in [2.45, 2.75) is 31.9 Å². The Morgan fingerprint density at radius 2 is 1.62 bits per heavy atom. The predicted octanol–water partition coefficient (Wildman–Crippen LogP) is 3.43. The van der Waals surface area contributed by atoms with E-state index in [0.29, 0.717) is 12.8 Å². The Hall–Kier alpha value is -0.670. The predicted molar refractivity (Wildman–Crippen MR) is 43.3 cm³/mol. The van der Waals surface area contributed by atoms with Gasteiger partial charge in [-0.3, -0.25) is 0 Å². The van der Waals surface area contributed by atoms with Gasteiger partial charge in [0, 0.05) is 0 Å². The van der Waals surface area contributed by atoms with Crippen LogP contribution in [0.5, 0.6) is 0 Å². The number of aliphatic hydroxyl groups is 1. The molecule has 0 aromatic rings. The van der Waals surface area contributed by atoms with Crippen molar-refractivity contribution in [2.24, 2.45) is 11.8 Å². The summed E-state index contributed by atoms with van der Waals surface area (Å²) in [5.74, 6) is -1.00. The number of halogens is 3. The number of allylic oxidation sites excluding steroid dienone is 1. The third-order valence-electron chi connectivity index (χ3n) is 2.59. The zero-order chi connectivity index (χ0) is 9.90. The van der Waals surface area contributed by atoms with Gasteiger partial charge in [0.15, 0.2) is 0 Å². The van der Waals surface area contributed by atoms with E-state index in [4.69, 9.17) is 5.11 Å². The molecule has 4 heteroatoms. The summed E-state index contributed by atoms with van der Waals surface area (Å²) in [5.41, 5.74) is 0. The lowest BCUT2D eigenvalue weighted by Gasteiger charge is -2.27. The molecule has 0 spiro atoms. The SMILES string of the molecule is O/C=C/C1CCC(C(F)(F)F)CC1. The molecular formula is C9H13F3O. The first kappa shape index (κ1) is 10.4. The van der Waals surface area contributed by atoms with Crippen molar-refractivity contribution in [3.05, 3.63) is 12.3 Å². The van der Waals surface area contributed by atoms with E-state index in [1.807, 2.05) is 0 Å². The fraction of sp³-hybridized carbons (Fsp3) is 0.778. The van der Waals surface area contributed by atoms with Crippen molar-refractivity contribution in [1.29, 1.82) is 0 Å². The molecule has 0 bridgehead atoms. The number of alkyl halides is 3. The molecule has 0 radical (unpaired) electrons. The van der Waals surface area contributed by atoms with Gasteiger partial charge in [0.05, 0.1) is 12.2 Å². The van der Waals surface area contributed by atoms with E-state index in [0.717, 1.165) is 6.26 Å². The lowest BCUT2D eigenvalue weighted by atomic mass is 9.82. The molecule has 0 aliphatic heterocycles. The molecule has 0 unspecified atom stereocenters. The third kappa shape index (κ3) is 2.94. The molecular weight excluding hydrogens is 181 g/mol. The molecule has 1 N–H and O–H groups in total. The van der Waals surface area contributed by atoms with Gasteiger partial charge in [-0.1, -0.05) is 0 Å². The average molecular weight is 194 g/mol. The Morgan fingerprint density at radius 1 is 1.08 bits per heavy atom. The van der Waals surface area contributed by atoms with Crippen molar-refractivity contribution < 1.29 is 18.3 Å². The second kappa shape index (κ2) is 4.03. The minimum atomic E-state index is -4.03. The van der Waals surface area contributed by atoms with E-state index in [-0.39, 0.29) is 18.8 Å². The van der Waals surface area contributed by atoms with Gasteiger partial charge in [-0.2, -0.15) is 13.2 Å². The van der Waals surface area contributed by atoms with E-state index >= 15 is 0 Å². The number of rotatable bonds is 1. The summed E-state index contributed by atoms with van der Waals surface area (Å²) < 4.78 is 36.6. The molecule has 0 aromatic carbocycles. The highest BCUT2D eigenvalue weighted by Crippen LogP contribution is 2.39. The van der Waals surface area contributed by atoms with E-state index < -0.39 is 12.1 Å². The zero-order valence-corrected chi connectivity index (χ0v) is 7.22. The summed E-state index contributed by atoms with van der Waals surface area (Å²) in [5, 5.41) is 8.44. The summed E-state index contributed by atoms with van der Waals surface area (Å²) in [7, 11) is 0. The molecule has 1 aliphatic rings. The van der Waals surface area contributed by atoms with Crippen molar-refractivity contribution in [1.82, 2.24) is 0 Å². The van der Waals surface area contributed by atoms with E-state index in [1.165, 1.54) is 0 Å². The van der Waals surface area contributed by atoms with Crippen molar-refractivity contribution in [3.63, 3.8) is 0 Å². The van der Waals surface area contributed by atoms with Crippen LogP contribution in [-0.4, -0.2) is 11.3 Å². The summed E-state index contributed by atoms with van der Waals surface area (Å²) in [4.78, 5) is 0. The maximum atomic E-state index is 12.2. The van der Waals surface area contributed by atoms with E-state index in [1.54, 1.807) is 6.08 Å². The Balaban J connectivity index is 2.39. The van der Waals surface area contributed by atoms with Gasteiger partial charge >= 0.3 is 6.18 Å². The molecule has 13 heavy (non-hydrogen) atoms. The summed E-state index contributed by atoms with van der Waals surface area (Å²) in [6, 6.07) is 0. The van der Waals surface area contributed by atoms with Gasteiger partial charge in [-0.25, -0.2) is 0 Å². The molecule has 0 saturated heterocycles. The van der Waals surface area contributed by atoms with Crippen LogP contribution in [0.1, 0.15) is 25.7 Å². The van der Waals surface area contributed by atoms with Gasteiger partial charge in [-0.15, -0.1) is 0 Å². The highest BCUT2D eigenvalue weighted by Gasteiger charge is 2.40. The topological polar surface area (TPSA) is 20.2 Å². The Bertz CT molecular complexity index is 178. The summed E-state index contributed by atoms with van der Waals surface area (Å²) in [6.45, 7) is 0. The smallest absolute Gasteiger partial charge is 0.391 e. The van der Waals surface area contributed by atoms with E-state index in [2.05, 4.69) is 0 Å². The Morgan fingerprint density at radius 3 is 2.00 bits per heavy atom. The molecule has 76 valence electrons. The first-order chi connectivity index (χ1) is 6.04. The van der Waals surface area contributed by atoms with Crippen LogP contribution >= 0.6 is 0 Å². The molecule has 0 heterocycles. The minimum absolute atomic E-state index is 0.128. The lowest BCUT2D eigenvalue weighted by Crippen LogP contribution is -2.27. The molecule has 0 aromatic heterocycles. The maximum absolute atomic E-state index is 12.2. The normalized spacial score (nSPS) is 31.0. The van der Waals surface area contributed by atoms with Gasteiger partial charge < -0.3 is 5.11 Å². The van der Waals surface area contributed by atoms with Crippen LogP contribution in [-0.2, 0) is 0 Å². The molecule has 1 fully saturated rings. The van der Waals surface area contributed by atoms with Crippen molar-refractivity contribution >= 4 is 0 Å². The van der Waals surface area contributed by atoms with Crippen molar-refractivity contribution in [3.8, 4) is 0 Å². The first-order valence-corrected chi connectivity index (χ1v) is 4.41. The minimum Gasteiger partial charge on any atom is -0.516 e. The fourth-order valence-electron chi connectivity index (χ4n) is 1.76. The monoisotopic (exact) mass is 194 g/mol. The van der Waals surface area contributed by atoms with Crippen LogP contribution in [0.3, 0.4) is 0 Å². The second-order valence-corrected chi connectivity index (χ2v) is 3.49. The van der Waals surface area contributed by atoms with Gasteiger partial charge in [-0.05, 0) is 37.7 Å². The summed E-state index contributed by atoms with van der Waals surface area (Å²) in [6.07, 6.45) is -0.0848. The molecule has 0 atom stereocenters. The number of hydrogen-bond donors (Lipinski definition) is 1. The maximum Gasteiger partial charge on any atom is 0.391 e. The van der Waals surface area contributed by atoms with Crippen LogP contribution in [0, 0.1) is 11.8 Å². The van der Waals surface area contributed by atoms with Crippen molar-refractivity contribution in [2.75, 3.05) is 0 Å². The standard InChI is InChI=1S/C9H13F3O/c10-9(11,12)8-3-1-7(2-4-8)5-6-13/h5-8,13H,1-4H2/b6-5+. The Kier molecular flexibility index (Phi) is 3.22. The van der Waals surface area contributed by atoms with Crippen LogP contribution in [0.25, 0.3) is 0 Å². The van der Waals surface area contributed by atoms with Crippen LogP contribution in [0.15, 0.2) is 12.3 Å². The van der Waals surface area contributed by atoms with Gasteiger partial charge in [0.1, 0.15) is 0 Å². The lowest BCUT2D eigenvalue weighted by molar-refractivity contribution is -0.183. The third-order valence-corrected chi connectivity index (χ3v) is 2.59. The Labute approximate surface area is 75.3 Å². The van der Waals surface area contributed by atoms with Crippen LogP contribution in [0.2, 0.25) is 0 Å². The highest BCUT2D eigenvalue weighted by atomic mass is 19.4. The molecule has 0 amide bonds. The molecule has 1 aliphatic carbocycles. The summed E-state index contributed by atoms with van der Waals surface area (Å²) >= 11 is 0. The van der Waals surface area contributed by atoms with Gasteiger partial charge in [0.2, 0.25) is 0 Å². The fourth-order valence-corrected chi connectivity index (χ4v) is 1.76. The van der Waals surface area contributed by atoms with Crippen LogP contribution < -0.4 is 0 Å². The molecule has 1 rings (SSSR count). The quantitative estimate of drug-likeness (QED) is 0.634. The molecule has 1 saturated carbocycles. The number of hydrogen-bond acceptors (Lipinski definition) is 1. The second-order valence-electron chi connectivity index (χ2n) is 3.49. The average Bonchev–Trinajstić information content (AvgIpc) is 2.04. The van der Waals surface area contributed by atoms with Crippen LogP contribution in [0.4, 0.5) is 13.2 Å². The first-order valence-electron chi connectivity index (χ1n) is 4.41. The highest BCUT2D eigenvalue weighted by molar-refractivity contribution is 4.87. The van der Waals surface area contributed by atoms with E-state index in [9.17, 15) is 13.2 Å². The molecule has 1 nitrogen and oxygen atoms in total.